The lowest BCUT2D eigenvalue weighted by Gasteiger charge is -2.09. The molecular formula is C12H9Cl2NO2S. The van der Waals surface area contributed by atoms with Gasteiger partial charge in [-0.3, -0.25) is 4.72 Å². The predicted molar refractivity (Wildman–Crippen MR) is 73.7 cm³/mol. The van der Waals surface area contributed by atoms with Crippen molar-refractivity contribution in [3.63, 3.8) is 0 Å². The average Bonchev–Trinajstić information content (AvgIpc) is 2.34. The first-order chi connectivity index (χ1) is 8.49. The van der Waals surface area contributed by atoms with Crippen molar-refractivity contribution < 1.29 is 8.42 Å². The van der Waals surface area contributed by atoms with Gasteiger partial charge in [0.05, 0.1) is 15.6 Å². The van der Waals surface area contributed by atoms with Crippen molar-refractivity contribution in [3.05, 3.63) is 58.6 Å². The molecule has 0 saturated heterocycles. The Hall–Kier alpha value is -1.23. The highest BCUT2D eigenvalue weighted by atomic mass is 35.5. The van der Waals surface area contributed by atoms with E-state index in [4.69, 9.17) is 23.2 Å². The molecule has 0 aromatic heterocycles. The zero-order chi connectivity index (χ0) is 13.2. The van der Waals surface area contributed by atoms with Gasteiger partial charge in [-0.2, -0.15) is 0 Å². The molecule has 0 aliphatic rings. The summed E-state index contributed by atoms with van der Waals surface area (Å²) in [6, 6.07) is 12.6. The minimum atomic E-state index is -3.63. The van der Waals surface area contributed by atoms with Gasteiger partial charge in [0, 0.05) is 5.02 Å². The van der Waals surface area contributed by atoms with Crippen LogP contribution in [-0.2, 0) is 10.0 Å². The van der Waals surface area contributed by atoms with Gasteiger partial charge in [0.1, 0.15) is 0 Å². The van der Waals surface area contributed by atoms with Crippen LogP contribution in [0.25, 0.3) is 0 Å². The van der Waals surface area contributed by atoms with Crippen LogP contribution in [0.3, 0.4) is 0 Å². The summed E-state index contributed by atoms with van der Waals surface area (Å²) < 4.78 is 26.5. The van der Waals surface area contributed by atoms with Crippen molar-refractivity contribution in [1.29, 1.82) is 0 Å². The van der Waals surface area contributed by atoms with Crippen molar-refractivity contribution in [1.82, 2.24) is 0 Å². The van der Waals surface area contributed by atoms with Gasteiger partial charge in [-0.25, -0.2) is 8.42 Å². The second-order valence-corrected chi connectivity index (χ2v) is 6.07. The van der Waals surface area contributed by atoms with Crippen LogP contribution < -0.4 is 4.72 Å². The zero-order valence-electron chi connectivity index (χ0n) is 9.10. The van der Waals surface area contributed by atoms with Crippen molar-refractivity contribution in [3.8, 4) is 0 Å². The first kappa shape index (κ1) is 13.2. The summed E-state index contributed by atoms with van der Waals surface area (Å²) in [6.45, 7) is 0. The summed E-state index contributed by atoms with van der Waals surface area (Å²) >= 11 is 11.7. The van der Waals surface area contributed by atoms with Gasteiger partial charge in [0.15, 0.2) is 0 Å². The molecule has 1 N–H and O–H groups in total. The molecule has 2 rings (SSSR count). The number of sulfonamides is 1. The van der Waals surface area contributed by atoms with E-state index in [9.17, 15) is 8.42 Å². The molecule has 0 spiro atoms. The van der Waals surface area contributed by atoms with E-state index in [-0.39, 0.29) is 9.92 Å². The minimum absolute atomic E-state index is 0.177. The molecule has 0 amide bonds. The van der Waals surface area contributed by atoms with Crippen molar-refractivity contribution in [2.45, 2.75) is 4.90 Å². The van der Waals surface area contributed by atoms with Crippen LogP contribution in [0.1, 0.15) is 0 Å². The van der Waals surface area contributed by atoms with Crippen LogP contribution in [-0.4, -0.2) is 8.42 Å². The average molecular weight is 302 g/mol. The van der Waals surface area contributed by atoms with Crippen LogP contribution in [0, 0.1) is 0 Å². The van der Waals surface area contributed by atoms with E-state index in [1.807, 2.05) is 0 Å². The highest BCUT2D eigenvalue weighted by Crippen LogP contribution is 2.27. The Morgan fingerprint density at radius 3 is 2.22 bits per heavy atom. The van der Waals surface area contributed by atoms with Crippen molar-refractivity contribution >= 4 is 38.9 Å². The van der Waals surface area contributed by atoms with Gasteiger partial charge >= 0.3 is 0 Å². The molecule has 0 radical (unpaired) electrons. The first-order valence-corrected chi connectivity index (χ1v) is 7.26. The van der Waals surface area contributed by atoms with E-state index >= 15 is 0 Å². The van der Waals surface area contributed by atoms with Gasteiger partial charge in [0.25, 0.3) is 10.0 Å². The standard InChI is InChI=1S/C12H9Cl2NO2S/c13-9-6-7-12(11(14)8-9)15-18(16,17)10-4-2-1-3-5-10/h1-8,15H. The Bertz CT molecular complexity index is 657. The molecule has 3 nitrogen and oxygen atoms in total. The number of rotatable bonds is 3. The molecule has 0 heterocycles. The molecule has 2 aromatic carbocycles. The SMILES string of the molecule is O=S(=O)(Nc1ccc(Cl)cc1Cl)c1ccccc1. The number of hydrogen-bond donors (Lipinski definition) is 1. The van der Waals surface area contributed by atoms with Gasteiger partial charge in [-0.1, -0.05) is 41.4 Å². The summed E-state index contributed by atoms with van der Waals surface area (Å²) in [4.78, 5) is 0.177. The van der Waals surface area contributed by atoms with E-state index in [0.717, 1.165) is 0 Å². The van der Waals surface area contributed by atoms with Crippen molar-refractivity contribution in [2.75, 3.05) is 4.72 Å². The number of hydrogen-bond acceptors (Lipinski definition) is 2. The number of anilines is 1. The molecule has 0 aliphatic carbocycles. The van der Waals surface area contributed by atoms with Crippen LogP contribution >= 0.6 is 23.2 Å². The van der Waals surface area contributed by atoms with Crippen LogP contribution in [0.2, 0.25) is 10.0 Å². The van der Waals surface area contributed by atoms with E-state index in [0.29, 0.717) is 10.7 Å². The van der Waals surface area contributed by atoms with Crippen LogP contribution in [0.15, 0.2) is 53.4 Å². The third kappa shape index (κ3) is 2.96. The number of halogens is 2. The summed E-state index contributed by atoms with van der Waals surface area (Å²) in [5.74, 6) is 0. The quantitative estimate of drug-likeness (QED) is 0.937. The van der Waals surface area contributed by atoms with Crippen LogP contribution in [0.5, 0.6) is 0 Å². The molecule has 0 saturated carbocycles. The second-order valence-electron chi connectivity index (χ2n) is 3.54. The molecule has 6 heteroatoms. The Morgan fingerprint density at radius 2 is 1.61 bits per heavy atom. The Kier molecular flexibility index (Phi) is 3.80. The minimum Gasteiger partial charge on any atom is -0.278 e. The van der Waals surface area contributed by atoms with Gasteiger partial charge in [0.2, 0.25) is 0 Å². The fourth-order valence-corrected chi connectivity index (χ4v) is 2.99. The Labute approximate surface area is 115 Å². The number of benzene rings is 2. The summed E-state index contributed by atoms with van der Waals surface area (Å²) in [5.41, 5.74) is 0.296. The fourth-order valence-electron chi connectivity index (χ4n) is 1.38. The molecule has 0 atom stereocenters. The highest BCUT2D eigenvalue weighted by molar-refractivity contribution is 7.92. The van der Waals surface area contributed by atoms with Gasteiger partial charge in [-0.05, 0) is 30.3 Å². The summed E-state index contributed by atoms with van der Waals surface area (Å²) in [7, 11) is -3.63. The fraction of sp³-hybridized carbons (Fsp3) is 0. The van der Waals surface area contributed by atoms with E-state index in [1.165, 1.54) is 24.3 Å². The molecular weight excluding hydrogens is 293 g/mol. The van der Waals surface area contributed by atoms with Gasteiger partial charge < -0.3 is 0 Å². The Balaban J connectivity index is 2.34. The second kappa shape index (κ2) is 5.18. The van der Waals surface area contributed by atoms with E-state index < -0.39 is 10.0 Å². The van der Waals surface area contributed by atoms with Crippen LogP contribution in [0.4, 0.5) is 5.69 Å². The maximum atomic E-state index is 12.0. The topological polar surface area (TPSA) is 46.2 Å². The maximum Gasteiger partial charge on any atom is 0.261 e. The molecule has 94 valence electrons. The summed E-state index contributed by atoms with van der Waals surface area (Å²) in [6.07, 6.45) is 0. The molecule has 2 aromatic rings. The normalized spacial score (nSPS) is 11.2. The molecule has 0 aliphatic heterocycles. The maximum absolute atomic E-state index is 12.0. The Morgan fingerprint density at radius 1 is 0.944 bits per heavy atom. The lowest BCUT2D eigenvalue weighted by atomic mass is 10.3. The van der Waals surface area contributed by atoms with E-state index in [1.54, 1.807) is 24.3 Å². The molecule has 18 heavy (non-hydrogen) atoms. The smallest absolute Gasteiger partial charge is 0.261 e. The molecule has 0 fully saturated rings. The monoisotopic (exact) mass is 301 g/mol. The molecule has 0 unspecified atom stereocenters. The van der Waals surface area contributed by atoms with Gasteiger partial charge in [-0.15, -0.1) is 0 Å². The lowest BCUT2D eigenvalue weighted by Crippen LogP contribution is -2.13. The third-order valence-electron chi connectivity index (χ3n) is 2.23. The third-order valence-corrected chi connectivity index (χ3v) is 4.16. The predicted octanol–water partition coefficient (Wildman–Crippen LogP) is 3.79. The largest absolute Gasteiger partial charge is 0.278 e. The lowest BCUT2D eigenvalue weighted by molar-refractivity contribution is 0.601. The zero-order valence-corrected chi connectivity index (χ0v) is 11.4. The number of nitrogens with one attached hydrogen (secondary N) is 1. The molecule has 0 bridgehead atoms. The summed E-state index contributed by atoms with van der Waals surface area (Å²) in [5, 5.41) is 0.699. The van der Waals surface area contributed by atoms with E-state index in [2.05, 4.69) is 4.72 Å². The first-order valence-electron chi connectivity index (χ1n) is 5.02. The van der Waals surface area contributed by atoms with Crippen molar-refractivity contribution in [2.24, 2.45) is 0 Å². The highest BCUT2D eigenvalue weighted by Gasteiger charge is 2.14.